The van der Waals surface area contributed by atoms with Crippen LogP contribution in [0.1, 0.15) is 26.3 Å². The standard InChI is InChI=1S/C17H17F4N3O2/c1-17(2,3)8-23-16(24-25)9-4-5-12(22-7-9)26-15-13(20)10(18)6-11(19)14(15)21/h4-7,25H,8H2,1-3H3,(H,23,24). The average molecular weight is 371 g/mol. The summed E-state index contributed by atoms with van der Waals surface area (Å²) < 4.78 is 58.4. The van der Waals surface area contributed by atoms with Crippen molar-refractivity contribution < 1.29 is 27.5 Å². The summed E-state index contributed by atoms with van der Waals surface area (Å²) in [6.07, 6.45) is 1.21. The number of nitrogens with one attached hydrogen (secondary N) is 1. The van der Waals surface area contributed by atoms with Gasteiger partial charge in [-0.05, 0) is 11.5 Å². The van der Waals surface area contributed by atoms with Crippen LogP contribution in [0.5, 0.6) is 11.6 Å². The number of hydrogen-bond donors (Lipinski definition) is 2. The van der Waals surface area contributed by atoms with E-state index in [0.29, 0.717) is 12.1 Å². The number of hydroxylamine groups is 1. The molecule has 9 heteroatoms. The van der Waals surface area contributed by atoms with Crippen molar-refractivity contribution in [1.82, 2.24) is 10.5 Å². The van der Waals surface area contributed by atoms with Gasteiger partial charge in [-0.2, -0.15) is 8.78 Å². The maximum absolute atomic E-state index is 13.6. The van der Waals surface area contributed by atoms with Crippen LogP contribution < -0.4 is 10.2 Å². The first-order chi connectivity index (χ1) is 12.1. The maximum atomic E-state index is 13.6. The molecule has 1 aromatic carbocycles. The quantitative estimate of drug-likeness (QED) is 0.278. The second-order valence-corrected chi connectivity index (χ2v) is 6.62. The summed E-state index contributed by atoms with van der Waals surface area (Å²) in [5, 5.41) is 9.19. The number of rotatable bonds is 4. The summed E-state index contributed by atoms with van der Waals surface area (Å²) in [4.78, 5) is 8.00. The number of ether oxygens (including phenoxy) is 1. The first kappa shape index (κ1) is 19.6. The third-order valence-electron chi connectivity index (χ3n) is 3.11. The Morgan fingerprint density at radius 2 is 1.77 bits per heavy atom. The molecule has 0 aliphatic heterocycles. The van der Waals surface area contributed by atoms with Gasteiger partial charge >= 0.3 is 0 Å². The average Bonchev–Trinajstić information content (AvgIpc) is 2.58. The van der Waals surface area contributed by atoms with Crippen molar-refractivity contribution in [3.63, 3.8) is 0 Å². The molecule has 0 spiro atoms. The Bertz CT molecular complexity index is 792. The van der Waals surface area contributed by atoms with Gasteiger partial charge in [0.25, 0.3) is 0 Å². The molecule has 140 valence electrons. The van der Waals surface area contributed by atoms with E-state index in [1.807, 2.05) is 26.3 Å². The van der Waals surface area contributed by atoms with E-state index in [1.54, 1.807) is 0 Å². The summed E-state index contributed by atoms with van der Waals surface area (Å²) in [6, 6.07) is 2.69. The van der Waals surface area contributed by atoms with Gasteiger partial charge in [-0.1, -0.05) is 20.8 Å². The van der Waals surface area contributed by atoms with Crippen molar-refractivity contribution in [3.8, 4) is 11.6 Å². The zero-order chi connectivity index (χ0) is 19.5. The van der Waals surface area contributed by atoms with Gasteiger partial charge in [-0.3, -0.25) is 15.7 Å². The molecule has 0 aliphatic carbocycles. The number of halogens is 4. The van der Waals surface area contributed by atoms with Gasteiger partial charge in [0.2, 0.25) is 23.3 Å². The van der Waals surface area contributed by atoms with Gasteiger partial charge in [0.05, 0.1) is 0 Å². The molecule has 2 aromatic rings. The molecule has 0 aliphatic rings. The molecule has 1 aromatic heterocycles. The van der Waals surface area contributed by atoms with E-state index >= 15 is 0 Å². The number of nitrogens with zero attached hydrogens (tertiary/aromatic N) is 2. The summed E-state index contributed by atoms with van der Waals surface area (Å²) in [5.41, 5.74) is 2.20. The number of aromatic nitrogens is 1. The van der Waals surface area contributed by atoms with Crippen LogP contribution in [-0.4, -0.2) is 22.6 Å². The van der Waals surface area contributed by atoms with Gasteiger partial charge in [0.1, 0.15) is 0 Å². The van der Waals surface area contributed by atoms with E-state index in [-0.39, 0.29) is 23.2 Å². The number of hydrogen-bond acceptors (Lipinski definition) is 4. The molecule has 26 heavy (non-hydrogen) atoms. The van der Waals surface area contributed by atoms with Gasteiger partial charge in [0, 0.05) is 30.4 Å². The monoisotopic (exact) mass is 371 g/mol. The molecule has 2 rings (SSSR count). The van der Waals surface area contributed by atoms with Crippen LogP contribution in [0.2, 0.25) is 0 Å². The van der Waals surface area contributed by atoms with Crippen molar-refractivity contribution in [3.05, 3.63) is 53.2 Å². The second-order valence-electron chi connectivity index (χ2n) is 6.62. The number of benzene rings is 1. The van der Waals surface area contributed by atoms with Crippen LogP contribution in [0, 0.1) is 28.7 Å². The maximum Gasteiger partial charge on any atom is 0.219 e. The Morgan fingerprint density at radius 1 is 1.15 bits per heavy atom. The minimum atomic E-state index is -1.67. The Morgan fingerprint density at radius 3 is 2.23 bits per heavy atom. The molecular formula is C17H17F4N3O2. The number of pyridine rings is 1. The summed E-state index contributed by atoms with van der Waals surface area (Å²) in [6.45, 7) is 6.29. The lowest BCUT2D eigenvalue weighted by molar-refractivity contribution is 0.234. The molecule has 0 saturated heterocycles. The largest absolute Gasteiger partial charge is 0.433 e. The van der Waals surface area contributed by atoms with Gasteiger partial charge < -0.3 is 4.74 Å². The molecule has 0 atom stereocenters. The Labute approximate surface area is 147 Å². The summed E-state index contributed by atoms with van der Waals surface area (Å²) in [7, 11) is 0. The van der Waals surface area contributed by atoms with Crippen molar-refractivity contribution in [2.75, 3.05) is 6.54 Å². The zero-order valence-electron chi connectivity index (χ0n) is 14.3. The van der Waals surface area contributed by atoms with E-state index in [4.69, 9.17) is 4.74 Å². The van der Waals surface area contributed by atoms with Crippen molar-refractivity contribution in [1.29, 1.82) is 0 Å². The Kier molecular flexibility index (Phi) is 5.81. The van der Waals surface area contributed by atoms with Crippen molar-refractivity contribution in [2.24, 2.45) is 10.4 Å². The fourth-order valence-electron chi connectivity index (χ4n) is 1.83. The van der Waals surface area contributed by atoms with Crippen LogP contribution >= 0.6 is 0 Å². The lowest BCUT2D eigenvalue weighted by Gasteiger charge is -2.15. The molecule has 0 amide bonds. The molecule has 2 N–H and O–H groups in total. The van der Waals surface area contributed by atoms with E-state index in [0.717, 1.165) is 0 Å². The summed E-state index contributed by atoms with van der Waals surface area (Å²) >= 11 is 0. The highest BCUT2D eigenvalue weighted by Crippen LogP contribution is 2.30. The molecule has 5 nitrogen and oxygen atoms in total. The minimum Gasteiger partial charge on any atom is -0.433 e. The number of amidine groups is 1. The first-order valence-corrected chi connectivity index (χ1v) is 7.54. The third-order valence-corrected chi connectivity index (χ3v) is 3.11. The van der Waals surface area contributed by atoms with Crippen LogP contribution in [-0.2, 0) is 0 Å². The lowest BCUT2D eigenvalue weighted by atomic mass is 9.97. The smallest absolute Gasteiger partial charge is 0.219 e. The van der Waals surface area contributed by atoms with E-state index in [2.05, 4.69) is 9.98 Å². The number of aliphatic imine (C=N–C) groups is 1. The fourth-order valence-corrected chi connectivity index (χ4v) is 1.83. The predicted octanol–water partition coefficient (Wildman–Crippen LogP) is 4.20. The highest BCUT2D eigenvalue weighted by Gasteiger charge is 2.21. The van der Waals surface area contributed by atoms with Crippen LogP contribution in [0.3, 0.4) is 0 Å². The highest BCUT2D eigenvalue weighted by atomic mass is 19.2. The van der Waals surface area contributed by atoms with E-state index < -0.39 is 29.0 Å². The SMILES string of the molecule is CC(C)(C)CN=C(NO)c1ccc(Oc2c(F)c(F)cc(F)c2F)nc1. The molecule has 0 radical (unpaired) electrons. The topological polar surface area (TPSA) is 66.7 Å². The van der Waals surface area contributed by atoms with E-state index in [9.17, 15) is 22.8 Å². The fraction of sp³-hybridized carbons (Fsp3) is 0.294. The molecule has 0 bridgehead atoms. The first-order valence-electron chi connectivity index (χ1n) is 7.54. The molecule has 0 saturated carbocycles. The lowest BCUT2D eigenvalue weighted by Crippen LogP contribution is -2.23. The normalized spacial score (nSPS) is 12.2. The zero-order valence-corrected chi connectivity index (χ0v) is 14.3. The third kappa shape index (κ3) is 4.69. The predicted molar refractivity (Wildman–Crippen MR) is 86.4 cm³/mol. The van der Waals surface area contributed by atoms with E-state index in [1.165, 1.54) is 18.3 Å². The second kappa shape index (κ2) is 7.69. The molecule has 0 unspecified atom stereocenters. The van der Waals surface area contributed by atoms with Gasteiger partial charge in [-0.25, -0.2) is 13.8 Å². The van der Waals surface area contributed by atoms with Gasteiger partial charge in [0.15, 0.2) is 17.5 Å². The molecule has 0 fully saturated rings. The van der Waals surface area contributed by atoms with Crippen LogP contribution in [0.25, 0.3) is 0 Å². The van der Waals surface area contributed by atoms with Crippen LogP contribution in [0.15, 0.2) is 29.4 Å². The van der Waals surface area contributed by atoms with Gasteiger partial charge in [-0.15, -0.1) is 0 Å². The summed E-state index contributed by atoms with van der Waals surface area (Å²) in [5.74, 6) is -7.91. The Balaban J connectivity index is 2.26. The Hall–Kier alpha value is -2.68. The van der Waals surface area contributed by atoms with Crippen molar-refractivity contribution >= 4 is 5.84 Å². The van der Waals surface area contributed by atoms with Crippen LogP contribution in [0.4, 0.5) is 17.6 Å². The highest BCUT2D eigenvalue weighted by molar-refractivity contribution is 5.97. The molecular weight excluding hydrogens is 354 g/mol. The molecule has 1 heterocycles. The van der Waals surface area contributed by atoms with Crippen molar-refractivity contribution in [2.45, 2.75) is 20.8 Å². The minimum absolute atomic E-state index is 0.0823.